The second kappa shape index (κ2) is 4.47. The van der Waals surface area contributed by atoms with Crippen LogP contribution in [0.1, 0.15) is 19.3 Å². The second-order valence-corrected chi connectivity index (χ2v) is 4.50. The van der Waals surface area contributed by atoms with E-state index in [0.29, 0.717) is 19.7 Å². The van der Waals surface area contributed by atoms with Crippen LogP contribution in [-0.2, 0) is 9.53 Å². The third kappa shape index (κ3) is 2.68. The lowest BCUT2D eigenvalue weighted by Gasteiger charge is -2.38. The van der Waals surface area contributed by atoms with Gasteiger partial charge < -0.3 is 21.1 Å². The van der Waals surface area contributed by atoms with Gasteiger partial charge in [-0.3, -0.25) is 4.79 Å². The van der Waals surface area contributed by atoms with Gasteiger partial charge in [-0.2, -0.15) is 0 Å². The molecule has 1 amide bonds. The van der Waals surface area contributed by atoms with E-state index in [-0.39, 0.29) is 17.6 Å². The Bertz CT molecular complexity index is 235. The molecule has 4 N–H and O–H groups in total. The monoisotopic (exact) mass is 213 g/mol. The molecule has 2 fully saturated rings. The molecule has 0 aromatic rings. The first kappa shape index (κ1) is 10.9. The van der Waals surface area contributed by atoms with Gasteiger partial charge >= 0.3 is 0 Å². The highest BCUT2D eigenvalue weighted by Crippen LogP contribution is 2.27. The average molecular weight is 213 g/mol. The maximum atomic E-state index is 11.7. The molecule has 1 heterocycles. The predicted molar refractivity (Wildman–Crippen MR) is 56.4 cm³/mol. The molecule has 1 saturated carbocycles. The molecule has 1 atom stereocenters. The summed E-state index contributed by atoms with van der Waals surface area (Å²) >= 11 is 0. The molecular weight excluding hydrogens is 194 g/mol. The van der Waals surface area contributed by atoms with Crippen LogP contribution >= 0.6 is 0 Å². The summed E-state index contributed by atoms with van der Waals surface area (Å²) in [5.41, 5.74) is 5.85. The van der Waals surface area contributed by atoms with Gasteiger partial charge in [0.05, 0.1) is 6.61 Å². The average Bonchev–Trinajstić information content (AvgIpc) is 2.24. The van der Waals surface area contributed by atoms with Crippen LogP contribution in [0.25, 0.3) is 0 Å². The van der Waals surface area contributed by atoms with Gasteiger partial charge in [-0.1, -0.05) is 0 Å². The van der Waals surface area contributed by atoms with E-state index < -0.39 is 0 Å². The van der Waals surface area contributed by atoms with Crippen LogP contribution in [-0.4, -0.2) is 43.8 Å². The number of morpholine rings is 1. The first-order valence-corrected chi connectivity index (χ1v) is 5.59. The van der Waals surface area contributed by atoms with Gasteiger partial charge in [-0.25, -0.2) is 0 Å². The SMILES string of the molecule is NC1(CNC(=O)[C@H]2CNCCO2)CCC1. The normalized spacial score (nSPS) is 29.3. The lowest BCUT2D eigenvalue weighted by atomic mass is 9.78. The topological polar surface area (TPSA) is 76.4 Å². The van der Waals surface area contributed by atoms with Crippen molar-refractivity contribution in [1.82, 2.24) is 10.6 Å². The number of nitrogens with one attached hydrogen (secondary N) is 2. The number of carbonyl (C=O) groups is 1. The summed E-state index contributed by atoms with van der Waals surface area (Å²) < 4.78 is 5.34. The fraction of sp³-hybridized carbons (Fsp3) is 0.900. The second-order valence-electron chi connectivity index (χ2n) is 4.50. The van der Waals surface area contributed by atoms with E-state index in [1.165, 1.54) is 6.42 Å². The fourth-order valence-corrected chi connectivity index (χ4v) is 1.92. The van der Waals surface area contributed by atoms with Gasteiger partial charge in [-0.15, -0.1) is 0 Å². The Labute approximate surface area is 89.7 Å². The third-order valence-electron chi connectivity index (χ3n) is 3.18. The van der Waals surface area contributed by atoms with Crippen LogP contribution in [0.2, 0.25) is 0 Å². The third-order valence-corrected chi connectivity index (χ3v) is 3.18. The molecule has 1 aliphatic heterocycles. The highest BCUT2D eigenvalue weighted by atomic mass is 16.5. The van der Waals surface area contributed by atoms with Crippen molar-refractivity contribution in [2.45, 2.75) is 30.9 Å². The molecule has 86 valence electrons. The van der Waals surface area contributed by atoms with Crippen molar-refractivity contribution < 1.29 is 9.53 Å². The van der Waals surface area contributed by atoms with Gasteiger partial charge in [0.15, 0.2) is 0 Å². The summed E-state index contributed by atoms with van der Waals surface area (Å²) in [5, 5.41) is 5.99. The summed E-state index contributed by atoms with van der Waals surface area (Å²) in [6.07, 6.45) is 2.85. The minimum atomic E-state index is -0.345. The molecule has 0 bridgehead atoms. The van der Waals surface area contributed by atoms with E-state index in [0.717, 1.165) is 19.4 Å². The van der Waals surface area contributed by atoms with Crippen LogP contribution < -0.4 is 16.4 Å². The summed E-state index contributed by atoms with van der Waals surface area (Å²) in [6.45, 7) is 2.60. The van der Waals surface area contributed by atoms with Crippen LogP contribution in [0, 0.1) is 0 Å². The fourth-order valence-electron chi connectivity index (χ4n) is 1.92. The number of hydrogen-bond donors (Lipinski definition) is 3. The smallest absolute Gasteiger partial charge is 0.250 e. The van der Waals surface area contributed by atoms with Gasteiger partial charge in [0.1, 0.15) is 6.10 Å². The first-order chi connectivity index (χ1) is 7.20. The standard InChI is InChI=1S/C10H19N3O2/c11-10(2-1-3-10)7-13-9(14)8-6-12-4-5-15-8/h8,12H,1-7,11H2,(H,13,14)/t8-/m1/s1. The number of rotatable bonds is 3. The number of hydrogen-bond acceptors (Lipinski definition) is 4. The van der Waals surface area contributed by atoms with Crippen LogP contribution in [0.5, 0.6) is 0 Å². The Morgan fingerprint density at radius 1 is 1.60 bits per heavy atom. The summed E-state index contributed by atoms with van der Waals surface area (Å²) in [4.78, 5) is 11.7. The van der Waals surface area contributed by atoms with Crippen molar-refractivity contribution in [3.8, 4) is 0 Å². The van der Waals surface area contributed by atoms with Crippen molar-refractivity contribution in [3.63, 3.8) is 0 Å². The molecule has 5 heteroatoms. The zero-order valence-corrected chi connectivity index (χ0v) is 8.92. The van der Waals surface area contributed by atoms with Gasteiger partial charge in [0.25, 0.3) is 5.91 Å². The molecule has 0 aromatic carbocycles. The first-order valence-electron chi connectivity index (χ1n) is 5.59. The number of nitrogens with two attached hydrogens (primary N) is 1. The maximum absolute atomic E-state index is 11.7. The lowest BCUT2D eigenvalue weighted by Crippen LogP contribution is -2.57. The molecule has 1 aliphatic carbocycles. The summed E-state index contributed by atoms with van der Waals surface area (Å²) in [7, 11) is 0. The van der Waals surface area contributed by atoms with E-state index in [1.807, 2.05) is 0 Å². The Morgan fingerprint density at radius 3 is 2.93 bits per heavy atom. The molecule has 0 aromatic heterocycles. The minimum absolute atomic E-state index is 0.0427. The number of ether oxygens (including phenoxy) is 1. The van der Waals surface area contributed by atoms with E-state index in [2.05, 4.69) is 10.6 Å². The van der Waals surface area contributed by atoms with Gasteiger partial charge in [-0.05, 0) is 19.3 Å². The molecule has 5 nitrogen and oxygen atoms in total. The van der Waals surface area contributed by atoms with Crippen molar-refractivity contribution in [3.05, 3.63) is 0 Å². The number of amides is 1. The summed E-state index contributed by atoms with van der Waals surface area (Å²) in [5.74, 6) is -0.0427. The molecule has 0 unspecified atom stereocenters. The molecule has 0 radical (unpaired) electrons. The quantitative estimate of drug-likeness (QED) is 0.560. The highest BCUT2D eigenvalue weighted by Gasteiger charge is 2.33. The lowest BCUT2D eigenvalue weighted by molar-refractivity contribution is -0.134. The Hall–Kier alpha value is -0.650. The molecule has 15 heavy (non-hydrogen) atoms. The summed E-state index contributed by atoms with van der Waals surface area (Å²) in [6, 6.07) is 0. The molecule has 2 aliphatic rings. The Kier molecular flexibility index (Phi) is 3.23. The van der Waals surface area contributed by atoms with Crippen molar-refractivity contribution >= 4 is 5.91 Å². The van der Waals surface area contributed by atoms with Crippen LogP contribution in [0.4, 0.5) is 0 Å². The van der Waals surface area contributed by atoms with E-state index in [1.54, 1.807) is 0 Å². The molecule has 0 spiro atoms. The predicted octanol–water partition coefficient (Wildman–Crippen LogP) is -1.03. The zero-order chi connectivity index (χ0) is 10.7. The van der Waals surface area contributed by atoms with Crippen LogP contribution in [0.15, 0.2) is 0 Å². The highest BCUT2D eigenvalue weighted by molar-refractivity contribution is 5.81. The Morgan fingerprint density at radius 2 is 2.40 bits per heavy atom. The molecule has 1 saturated heterocycles. The van der Waals surface area contributed by atoms with Crippen LogP contribution in [0.3, 0.4) is 0 Å². The Balaban J connectivity index is 1.71. The molecule has 2 rings (SSSR count). The van der Waals surface area contributed by atoms with Gasteiger partial charge in [0.2, 0.25) is 0 Å². The zero-order valence-electron chi connectivity index (χ0n) is 8.92. The van der Waals surface area contributed by atoms with E-state index in [4.69, 9.17) is 10.5 Å². The minimum Gasteiger partial charge on any atom is -0.366 e. The van der Waals surface area contributed by atoms with Crippen molar-refractivity contribution in [2.24, 2.45) is 5.73 Å². The maximum Gasteiger partial charge on any atom is 0.250 e. The van der Waals surface area contributed by atoms with Gasteiger partial charge in [0, 0.05) is 25.2 Å². The van der Waals surface area contributed by atoms with Crippen molar-refractivity contribution in [1.29, 1.82) is 0 Å². The van der Waals surface area contributed by atoms with E-state index >= 15 is 0 Å². The number of carbonyl (C=O) groups excluding carboxylic acids is 1. The largest absolute Gasteiger partial charge is 0.366 e. The van der Waals surface area contributed by atoms with Crippen molar-refractivity contribution in [2.75, 3.05) is 26.2 Å². The molecular formula is C10H19N3O2. The van der Waals surface area contributed by atoms with E-state index in [9.17, 15) is 4.79 Å².